The summed E-state index contributed by atoms with van der Waals surface area (Å²) in [7, 11) is 0. The minimum Gasteiger partial charge on any atom is -0.473 e. The summed E-state index contributed by atoms with van der Waals surface area (Å²) in [6.07, 6.45) is 2.70. The molecule has 31 heavy (non-hydrogen) atoms. The van der Waals surface area contributed by atoms with Gasteiger partial charge in [-0.3, -0.25) is 4.98 Å². The van der Waals surface area contributed by atoms with Crippen LogP contribution < -0.4 is 5.32 Å². The van der Waals surface area contributed by atoms with Gasteiger partial charge in [0.1, 0.15) is 5.82 Å². The van der Waals surface area contributed by atoms with Gasteiger partial charge in [0, 0.05) is 23.7 Å². The molecule has 0 amide bonds. The zero-order valence-corrected chi connectivity index (χ0v) is 17.3. The number of hydrogen-bond acceptors (Lipinski definition) is 4. The Kier molecular flexibility index (Phi) is 9.61. The molecule has 0 bridgehead atoms. The highest BCUT2D eigenvalue weighted by molar-refractivity contribution is 6.30. The summed E-state index contributed by atoms with van der Waals surface area (Å²) in [6.45, 7) is 1.57. The first kappa shape index (κ1) is 24.0. The maximum atomic E-state index is 13.3. The second kappa shape index (κ2) is 12.4. The summed E-state index contributed by atoms with van der Waals surface area (Å²) in [5.41, 5.74) is 3.30. The molecular weight excluding hydrogens is 423 g/mol. The Hall–Kier alpha value is -3.29. The van der Waals surface area contributed by atoms with Crippen LogP contribution in [0.25, 0.3) is 0 Å². The van der Waals surface area contributed by atoms with Crippen molar-refractivity contribution in [3.05, 3.63) is 101 Å². The van der Waals surface area contributed by atoms with Crippen LogP contribution in [0.5, 0.6) is 0 Å². The molecule has 0 radical (unpaired) electrons. The van der Waals surface area contributed by atoms with Gasteiger partial charge in [0.15, 0.2) is 0 Å². The first-order valence-electron chi connectivity index (χ1n) is 9.44. The first-order chi connectivity index (χ1) is 14.9. The van der Waals surface area contributed by atoms with Crippen LogP contribution in [0.4, 0.5) is 4.39 Å². The Bertz CT molecular complexity index is 910. The lowest BCUT2D eigenvalue weighted by Gasteiger charge is -2.18. The fourth-order valence-corrected chi connectivity index (χ4v) is 3.01. The molecule has 1 heterocycles. The van der Waals surface area contributed by atoms with E-state index in [4.69, 9.17) is 31.4 Å². The van der Waals surface area contributed by atoms with E-state index in [-0.39, 0.29) is 11.7 Å². The van der Waals surface area contributed by atoms with Crippen molar-refractivity contribution in [2.45, 2.75) is 18.9 Å². The molecule has 3 N–H and O–H groups in total. The average molecular weight is 445 g/mol. The Labute approximate surface area is 184 Å². The number of aromatic nitrogens is 1. The molecule has 0 aliphatic rings. The second-order valence-electron chi connectivity index (χ2n) is 6.55. The van der Waals surface area contributed by atoms with E-state index in [1.807, 2.05) is 54.6 Å². The van der Waals surface area contributed by atoms with Gasteiger partial charge in [-0.1, -0.05) is 41.9 Å². The van der Waals surface area contributed by atoms with Crippen molar-refractivity contribution in [1.29, 1.82) is 0 Å². The standard InChI is InChI=1S/C21H20ClFN2.C2H2O4/c22-18-8-4-16(5-9-18)21(17-6-10-19(23)11-7-17)12-14-24-15-20-3-1-2-13-25-20;3-1(4)2(5)6/h1-11,13,21,24H,12,14-15H2;(H,3,4)(H,5,6). The second-order valence-corrected chi connectivity index (χ2v) is 6.99. The minimum absolute atomic E-state index is 0.189. The van der Waals surface area contributed by atoms with Gasteiger partial charge in [-0.2, -0.15) is 0 Å². The lowest BCUT2D eigenvalue weighted by atomic mass is 9.88. The van der Waals surface area contributed by atoms with Gasteiger partial charge in [0.2, 0.25) is 0 Å². The lowest BCUT2D eigenvalue weighted by Crippen LogP contribution is -2.18. The molecule has 6 nitrogen and oxygen atoms in total. The third kappa shape index (κ3) is 8.54. The summed E-state index contributed by atoms with van der Waals surface area (Å²) >= 11 is 6.01. The van der Waals surface area contributed by atoms with Gasteiger partial charge in [0.25, 0.3) is 0 Å². The van der Waals surface area contributed by atoms with Crippen LogP contribution in [0.1, 0.15) is 29.2 Å². The number of aliphatic carboxylic acids is 2. The topological polar surface area (TPSA) is 99.5 Å². The Morgan fingerprint density at radius 1 is 0.935 bits per heavy atom. The summed E-state index contributed by atoms with van der Waals surface area (Å²) in [6, 6.07) is 20.5. The monoisotopic (exact) mass is 444 g/mol. The van der Waals surface area contributed by atoms with Crippen molar-refractivity contribution >= 4 is 23.5 Å². The molecule has 3 rings (SSSR count). The number of carboxylic acid groups (broad SMARTS) is 2. The van der Waals surface area contributed by atoms with E-state index in [9.17, 15) is 4.39 Å². The molecular formula is C23H22ClFN2O4. The van der Waals surface area contributed by atoms with E-state index in [0.29, 0.717) is 0 Å². The van der Waals surface area contributed by atoms with Gasteiger partial charge in [0.05, 0.1) is 5.69 Å². The van der Waals surface area contributed by atoms with Crippen molar-refractivity contribution in [2.75, 3.05) is 6.54 Å². The van der Waals surface area contributed by atoms with Crippen LogP contribution >= 0.6 is 11.6 Å². The number of halogens is 2. The molecule has 162 valence electrons. The number of nitrogens with one attached hydrogen (secondary N) is 1. The van der Waals surface area contributed by atoms with Crippen LogP contribution in [-0.2, 0) is 16.1 Å². The lowest BCUT2D eigenvalue weighted by molar-refractivity contribution is -0.159. The normalized spacial score (nSPS) is 11.2. The Morgan fingerprint density at radius 2 is 1.52 bits per heavy atom. The predicted octanol–water partition coefficient (Wildman–Crippen LogP) is 4.34. The van der Waals surface area contributed by atoms with Gasteiger partial charge >= 0.3 is 11.9 Å². The summed E-state index contributed by atoms with van der Waals surface area (Å²) in [5.74, 6) is -3.68. The fraction of sp³-hybridized carbons (Fsp3) is 0.174. The zero-order valence-electron chi connectivity index (χ0n) is 16.5. The van der Waals surface area contributed by atoms with Crippen molar-refractivity contribution in [3.63, 3.8) is 0 Å². The molecule has 0 fully saturated rings. The van der Waals surface area contributed by atoms with Crippen molar-refractivity contribution < 1.29 is 24.2 Å². The predicted molar refractivity (Wildman–Crippen MR) is 116 cm³/mol. The van der Waals surface area contributed by atoms with E-state index in [2.05, 4.69) is 10.3 Å². The van der Waals surface area contributed by atoms with Crippen molar-refractivity contribution in [2.24, 2.45) is 0 Å². The smallest absolute Gasteiger partial charge is 0.414 e. The van der Waals surface area contributed by atoms with Gasteiger partial charge in [-0.25, -0.2) is 14.0 Å². The highest BCUT2D eigenvalue weighted by Crippen LogP contribution is 2.28. The average Bonchev–Trinajstić information content (AvgIpc) is 2.77. The quantitative estimate of drug-likeness (QED) is 0.370. The third-order valence-corrected chi connectivity index (χ3v) is 4.62. The van der Waals surface area contributed by atoms with Gasteiger partial charge in [-0.05, 0) is 60.5 Å². The number of benzene rings is 2. The molecule has 8 heteroatoms. The molecule has 1 aromatic heterocycles. The van der Waals surface area contributed by atoms with Crippen LogP contribution in [0, 0.1) is 5.82 Å². The van der Waals surface area contributed by atoms with Crippen molar-refractivity contribution in [3.8, 4) is 0 Å². The third-order valence-electron chi connectivity index (χ3n) is 4.37. The number of hydrogen-bond donors (Lipinski definition) is 3. The highest BCUT2D eigenvalue weighted by atomic mass is 35.5. The van der Waals surface area contributed by atoms with Crippen LogP contribution in [0.15, 0.2) is 72.9 Å². The van der Waals surface area contributed by atoms with E-state index < -0.39 is 11.9 Å². The summed E-state index contributed by atoms with van der Waals surface area (Å²) in [5, 5.41) is 18.9. The minimum atomic E-state index is -1.82. The number of carbonyl (C=O) groups is 2. The Morgan fingerprint density at radius 3 is 2.03 bits per heavy atom. The molecule has 0 aliphatic heterocycles. The molecule has 0 saturated carbocycles. The van der Waals surface area contributed by atoms with Crippen LogP contribution in [0.2, 0.25) is 5.02 Å². The van der Waals surface area contributed by atoms with E-state index >= 15 is 0 Å². The largest absolute Gasteiger partial charge is 0.473 e. The first-order valence-corrected chi connectivity index (χ1v) is 9.82. The van der Waals surface area contributed by atoms with Gasteiger partial charge in [-0.15, -0.1) is 0 Å². The van der Waals surface area contributed by atoms with E-state index in [1.54, 1.807) is 6.20 Å². The number of pyridine rings is 1. The highest BCUT2D eigenvalue weighted by Gasteiger charge is 2.14. The SMILES string of the molecule is Fc1ccc(C(CCNCc2ccccn2)c2ccc(Cl)cc2)cc1.O=C(O)C(=O)O. The number of carboxylic acids is 2. The van der Waals surface area contributed by atoms with Crippen LogP contribution in [0.3, 0.4) is 0 Å². The number of rotatable bonds is 7. The van der Waals surface area contributed by atoms with E-state index in [1.165, 1.54) is 17.7 Å². The molecule has 3 aromatic rings. The molecule has 2 aromatic carbocycles. The molecule has 0 aliphatic carbocycles. The Balaban J connectivity index is 0.000000501. The maximum Gasteiger partial charge on any atom is 0.414 e. The maximum absolute atomic E-state index is 13.3. The van der Waals surface area contributed by atoms with Crippen LogP contribution in [-0.4, -0.2) is 33.7 Å². The molecule has 1 unspecified atom stereocenters. The van der Waals surface area contributed by atoms with E-state index in [0.717, 1.165) is 35.8 Å². The summed E-state index contributed by atoms with van der Waals surface area (Å²) in [4.78, 5) is 22.5. The summed E-state index contributed by atoms with van der Waals surface area (Å²) < 4.78 is 13.3. The molecule has 0 spiro atoms. The van der Waals surface area contributed by atoms with Gasteiger partial charge < -0.3 is 15.5 Å². The fourth-order valence-electron chi connectivity index (χ4n) is 2.88. The molecule has 1 atom stereocenters. The molecule has 0 saturated heterocycles. The number of nitrogens with zero attached hydrogens (tertiary/aromatic N) is 1. The zero-order chi connectivity index (χ0) is 22.6. The van der Waals surface area contributed by atoms with Crippen molar-refractivity contribution in [1.82, 2.24) is 10.3 Å².